The van der Waals surface area contributed by atoms with E-state index in [4.69, 9.17) is 10.8 Å². The summed E-state index contributed by atoms with van der Waals surface area (Å²) < 4.78 is 2.05. The quantitative estimate of drug-likeness (QED) is 0.0514. The number of unbranched alkanes of at least 4 members (excludes halogenated alkanes) is 35. The molecule has 0 bridgehead atoms. The van der Waals surface area contributed by atoms with Crippen LogP contribution in [-0.2, 0) is 6.42 Å². The Labute approximate surface area is 415 Å². The van der Waals surface area contributed by atoms with Crippen molar-refractivity contribution in [2.45, 2.75) is 285 Å². The number of aromatic nitrogens is 1. The molecular formula is C63H108N4. The second kappa shape index (κ2) is 40.8. The van der Waals surface area contributed by atoms with Crippen molar-refractivity contribution in [3.8, 4) is 11.3 Å². The fourth-order valence-electron chi connectivity index (χ4n) is 10.2. The van der Waals surface area contributed by atoms with Crippen molar-refractivity contribution in [3.63, 3.8) is 0 Å². The van der Waals surface area contributed by atoms with Gasteiger partial charge in [-0.3, -0.25) is 9.67 Å². The van der Waals surface area contributed by atoms with Gasteiger partial charge in [-0.05, 0) is 68.4 Å². The van der Waals surface area contributed by atoms with Crippen molar-refractivity contribution in [1.29, 1.82) is 0 Å². The number of allylic oxidation sites excluding steroid dienone is 4. The number of hydrogen-bond donors (Lipinski definition) is 2. The normalized spacial score (nSPS) is 12.9. The van der Waals surface area contributed by atoms with E-state index in [-0.39, 0.29) is 0 Å². The molecule has 0 atom stereocenters. The second-order valence-corrected chi connectivity index (χ2v) is 20.7. The molecule has 0 amide bonds. The predicted molar refractivity (Wildman–Crippen MR) is 303 cm³/mol. The van der Waals surface area contributed by atoms with E-state index in [0.717, 1.165) is 37.0 Å². The van der Waals surface area contributed by atoms with Gasteiger partial charge in [0.25, 0.3) is 0 Å². The zero-order valence-corrected chi connectivity index (χ0v) is 44.9. The summed E-state index contributed by atoms with van der Waals surface area (Å²) in [6.45, 7) is 11.1. The Morgan fingerprint density at radius 2 is 0.866 bits per heavy atom. The van der Waals surface area contributed by atoms with Crippen LogP contribution in [0.25, 0.3) is 22.9 Å². The van der Waals surface area contributed by atoms with Crippen LogP contribution < -0.4 is 21.7 Å². The van der Waals surface area contributed by atoms with Gasteiger partial charge in [0, 0.05) is 35.1 Å². The minimum Gasteiger partial charge on any atom is -0.385 e. The molecule has 1 aromatic carbocycles. The van der Waals surface area contributed by atoms with Gasteiger partial charge in [0.05, 0.1) is 16.8 Å². The van der Waals surface area contributed by atoms with E-state index in [0.29, 0.717) is 0 Å². The van der Waals surface area contributed by atoms with Crippen LogP contribution in [0.4, 0.5) is 5.69 Å². The molecule has 0 spiro atoms. The number of aliphatic imine (C=N–C) groups is 1. The lowest BCUT2D eigenvalue weighted by molar-refractivity contribution is 0.522. The van der Waals surface area contributed by atoms with Crippen LogP contribution in [0.2, 0.25) is 0 Å². The molecule has 3 rings (SSSR count). The van der Waals surface area contributed by atoms with Gasteiger partial charge >= 0.3 is 0 Å². The van der Waals surface area contributed by atoms with Crippen LogP contribution in [0.15, 0.2) is 53.6 Å². The molecule has 0 unspecified atom stereocenters. The molecule has 1 aliphatic rings. The highest BCUT2D eigenvalue weighted by Gasteiger charge is 2.18. The number of rotatable bonds is 44. The maximum absolute atomic E-state index is 7.35. The van der Waals surface area contributed by atoms with Gasteiger partial charge in [-0.1, -0.05) is 276 Å². The summed E-state index contributed by atoms with van der Waals surface area (Å²) >= 11 is 0. The Hall–Kier alpha value is -3.01. The largest absolute Gasteiger partial charge is 0.385 e. The highest BCUT2D eigenvalue weighted by Crippen LogP contribution is 2.25. The molecule has 0 radical (unpaired) electrons. The lowest BCUT2D eigenvalue weighted by Gasteiger charge is -2.11. The fourth-order valence-corrected chi connectivity index (χ4v) is 10.2. The highest BCUT2D eigenvalue weighted by atomic mass is 15.3. The standard InChI is InChI=1S/C63H108N4/c1-5-9-13-17-21-22-23-24-25-26-27-28-29-30-31-32-33-34-35-37-41-45-61-60(44-40-36-18-14-10-6-2)62(56-46-50-58(51-47-56)65-54-42-38-19-15-11-7-3)67(64)63(61)57-48-52-59(53-49-57)66-55-43-39-20-16-12-8-4/h45-53,65H,5-44,54-55,64H2,1-4H3. The third-order valence-electron chi connectivity index (χ3n) is 14.5. The summed E-state index contributed by atoms with van der Waals surface area (Å²) in [7, 11) is 0. The average Bonchev–Trinajstić information content (AvgIpc) is 3.62. The number of nitrogen functional groups attached to an aromatic ring is 1. The molecule has 1 heterocycles. The Balaban J connectivity index is 1.66. The highest BCUT2D eigenvalue weighted by molar-refractivity contribution is 6.08. The Morgan fingerprint density at radius 1 is 0.463 bits per heavy atom. The first-order valence-electron chi connectivity index (χ1n) is 29.6. The minimum atomic E-state index is 0.910. The number of nitrogens with two attached hydrogens (primary N) is 1. The summed E-state index contributed by atoms with van der Waals surface area (Å²) in [6.07, 6.45) is 65.6. The van der Waals surface area contributed by atoms with Crippen LogP contribution in [0.1, 0.15) is 284 Å². The number of nitrogens with one attached hydrogen (secondary N) is 1. The van der Waals surface area contributed by atoms with E-state index >= 15 is 0 Å². The van der Waals surface area contributed by atoms with Crippen LogP contribution in [-0.4, -0.2) is 23.5 Å². The summed E-state index contributed by atoms with van der Waals surface area (Å²) in [5, 5.41) is 6.24. The lowest BCUT2D eigenvalue weighted by atomic mass is 9.98. The Kier molecular flexibility index (Phi) is 35.5. The monoisotopic (exact) mass is 921 g/mol. The van der Waals surface area contributed by atoms with Crippen molar-refractivity contribution in [1.82, 2.24) is 4.68 Å². The van der Waals surface area contributed by atoms with Crippen LogP contribution in [0.3, 0.4) is 0 Å². The number of benzene rings is 1. The molecule has 2 aromatic rings. The van der Waals surface area contributed by atoms with E-state index in [9.17, 15) is 0 Å². The molecule has 1 aromatic heterocycles. The molecule has 3 N–H and O–H groups in total. The van der Waals surface area contributed by atoms with Gasteiger partial charge in [0.2, 0.25) is 0 Å². The third kappa shape index (κ3) is 26.5. The number of hydrogen-bond acceptors (Lipinski definition) is 3. The molecule has 0 fully saturated rings. The minimum absolute atomic E-state index is 0.910. The number of anilines is 1. The van der Waals surface area contributed by atoms with E-state index < -0.39 is 0 Å². The maximum atomic E-state index is 7.35. The Morgan fingerprint density at radius 3 is 1.33 bits per heavy atom. The average molecular weight is 922 g/mol. The molecule has 1 aliphatic carbocycles. The van der Waals surface area contributed by atoms with Crippen LogP contribution >= 0.6 is 0 Å². The molecule has 4 heteroatoms. The van der Waals surface area contributed by atoms with Crippen molar-refractivity contribution < 1.29 is 0 Å². The molecule has 67 heavy (non-hydrogen) atoms. The molecule has 4 nitrogen and oxygen atoms in total. The van der Waals surface area contributed by atoms with Gasteiger partial charge in [-0.15, -0.1) is 0 Å². The molecular weight excluding hydrogens is 813 g/mol. The predicted octanol–water partition coefficient (Wildman–Crippen LogP) is 18.6. The summed E-state index contributed by atoms with van der Waals surface area (Å²) in [4.78, 5) is 4.98. The molecule has 0 aliphatic heterocycles. The van der Waals surface area contributed by atoms with Crippen LogP contribution in [0.5, 0.6) is 0 Å². The first-order chi connectivity index (χ1) is 33.1. The second-order valence-electron chi connectivity index (χ2n) is 20.7. The summed E-state index contributed by atoms with van der Waals surface area (Å²) in [5.41, 5.74) is 7.33. The summed E-state index contributed by atoms with van der Waals surface area (Å²) in [5.74, 6) is 7.35. The summed E-state index contributed by atoms with van der Waals surface area (Å²) in [6, 6.07) is 9.17. The van der Waals surface area contributed by atoms with E-state index in [1.54, 1.807) is 0 Å². The van der Waals surface area contributed by atoms with E-state index in [1.165, 1.54) is 277 Å². The lowest BCUT2D eigenvalue weighted by Crippen LogP contribution is -2.36. The van der Waals surface area contributed by atoms with Crippen molar-refractivity contribution in [3.05, 3.63) is 64.7 Å². The van der Waals surface area contributed by atoms with E-state index in [2.05, 4.69) is 92.3 Å². The van der Waals surface area contributed by atoms with E-state index in [1.807, 2.05) is 0 Å². The van der Waals surface area contributed by atoms with Gasteiger partial charge in [-0.25, -0.2) is 0 Å². The van der Waals surface area contributed by atoms with Crippen LogP contribution in [0, 0.1) is 0 Å². The van der Waals surface area contributed by atoms with Gasteiger partial charge in [0.15, 0.2) is 0 Å². The fraction of sp³-hybridized carbons (Fsp3) is 0.730. The van der Waals surface area contributed by atoms with Crippen molar-refractivity contribution in [2.75, 3.05) is 24.2 Å². The third-order valence-corrected chi connectivity index (χ3v) is 14.5. The first-order valence-corrected chi connectivity index (χ1v) is 29.6. The Bertz CT molecular complexity index is 1670. The van der Waals surface area contributed by atoms with Crippen molar-refractivity contribution in [2.24, 2.45) is 4.99 Å². The van der Waals surface area contributed by atoms with Gasteiger partial charge in [-0.2, -0.15) is 0 Å². The smallest absolute Gasteiger partial charge is 0.0769 e. The SMILES string of the molecule is CCCCCCCCCCCCCCCCCCCCCCC=c1c(CCCCCCCC)c(-c2ccc(NCCCCCCCC)cc2)n(N)c1=C1C=CC(=NCCCCCCCC)C=C1. The molecule has 380 valence electrons. The number of nitrogens with zero attached hydrogens (tertiary/aromatic N) is 2. The molecule has 0 saturated carbocycles. The zero-order valence-electron chi connectivity index (χ0n) is 44.9. The first kappa shape index (κ1) is 58.3. The van der Waals surface area contributed by atoms with Gasteiger partial charge < -0.3 is 11.2 Å². The zero-order chi connectivity index (χ0) is 47.7. The topological polar surface area (TPSA) is 55.3 Å². The van der Waals surface area contributed by atoms with Gasteiger partial charge in [0.1, 0.15) is 0 Å². The van der Waals surface area contributed by atoms with Crippen molar-refractivity contribution >= 4 is 23.0 Å². The maximum Gasteiger partial charge on any atom is 0.0769 e. The molecule has 0 saturated heterocycles.